The van der Waals surface area contributed by atoms with Gasteiger partial charge in [0.2, 0.25) is 0 Å². The maximum atomic E-state index is 13.6. The molecular formula is C24H27FN2O3. The fourth-order valence-corrected chi connectivity index (χ4v) is 4.91. The van der Waals surface area contributed by atoms with Gasteiger partial charge in [-0.3, -0.25) is 4.79 Å². The molecule has 2 fully saturated rings. The van der Waals surface area contributed by atoms with E-state index in [0.29, 0.717) is 26.2 Å². The van der Waals surface area contributed by atoms with E-state index in [1.54, 1.807) is 12.1 Å². The van der Waals surface area contributed by atoms with E-state index in [1.807, 2.05) is 17.0 Å². The smallest absolute Gasteiger partial charge is 0.252 e. The van der Waals surface area contributed by atoms with Gasteiger partial charge in [0.25, 0.3) is 5.91 Å². The van der Waals surface area contributed by atoms with Gasteiger partial charge in [-0.15, -0.1) is 0 Å². The van der Waals surface area contributed by atoms with Crippen LogP contribution in [0.3, 0.4) is 0 Å². The summed E-state index contributed by atoms with van der Waals surface area (Å²) in [5.74, 6) is -0.264. The lowest BCUT2D eigenvalue weighted by molar-refractivity contribution is -0.146. The van der Waals surface area contributed by atoms with Gasteiger partial charge in [0.15, 0.2) is 0 Å². The van der Waals surface area contributed by atoms with Crippen LogP contribution in [-0.4, -0.2) is 55.4 Å². The van der Waals surface area contributed by atoms with Crippen LogP contribution in [0.5, 0.6) is 0 Å². The summed E-state index contributed by atoms with van der Waals surface area (Å²) in [6.45, 7) is 3.19. The molecule has 2 aromatic rings. The van der Waals surface area contributed by atoms with Gasteiger partial charge in [-0.25, -0.2) is 4.39 Å². The number of hydrogen-bond donors (Lipinski definition) is 1. The lowest BCUT2D eigenvalue weighted by Gasteiger charge is -2.39. The number of ether oxygens (including phenoxy) is 2. The van der Waals surface area contributed by atoms with Gasteiger partial charge in [0.05, 0.1) is 24.8 Å². The molecule has 5 rings (SSSR count). The average Bonchev–Trinajstić information content (AvgIpc) is 3.13. The minimum absolute atomic E-state index is 0.0107. The van der Waals surface area contributed by atoms with Crippen LogP contribution in [-0.2, 0) is 20.7 Å². The molecule has 0 aromatic heterocycles. The Bertz CT molecular complexity index is 911. The number of fused-ring (bicyclic) bond motifs is 1. The highest BCUT2D eigenvalue weighted by Gasteiger charge is 2.41. The highest BCUT2D eigenvalue weighted by Crippen LogP contribution is 2.36. The Hall–Kier alpha value is -2.28. The molecule has 2 aromatic carbocycles. The van der Waals surface area contributed by atoms with Gasteiger partial charge in [-0.1, -0.05) is 36.4 Å². The number of benzene rings is 2. The first kappa shape index (κ1) is 19.7. The summed E-state index contributed by atoms with van der Waals surface area (Å²) in [6.07, 6.45) is 1.87. The van der Waals surface area contributed by atoms with E-state index in [2.05, 4.69) is 17.4 Å². The molecule has 1 N–H and O–H groups in total. The zero-order valence-corrected chi connectivity index (χ0v) is 17.0. The van der Waals surface area contributed by atoms with E-state index in [1.165, 1.54) is 17.7 Å². The maximum Gasteiger partial charge on any atom is 0.252 e. The summed E-state index contributed by atoms with van der Waals surface area (Å²) in [6, 6.07) is 14.5. The number of nitrogens with zero attached hydrogens (tertiary/aromatic N) is 1. The van der Waals surface area contributed by atoms with Gasteiger partial charge < -0.3 is 19.7 Å². The van der Waals surface area contributed by atoms with E-state index >= 15 is 0 Å². The van der Waals surface area contributed by atoms with Crippen LogP contribution in [0.25, 0.3) is 0 Å². The third-order valence-corrected chi connectivity index (χ3v) is 6.60. The second-order valence-electron chi connectivity index (χ2n) is 8.53. The molecule has 30 heavy (non-hydrogen) atoms. The molecule has 3 aliphatic heterocycles. The first-order chi connectivity index (χ1) is 14.7. The van der Waals surface area contributed by atoms with Crippen LogP contribution in [0.2, 0.25) is 0 Å². The van der Waals surface area contributed by atoms with Crippen LogP contribution in [0.15, 0.2) is 48.5 Å². The molecule has 3 atom stereocenters. The van der Waals surface area contributed by atoms with Crippen LogP contribution >= 0.6 is 0 Å². The molecule has 0 unspecified atom stereocenters. The van der Waals surface area contributed by atoms with Crippen molar-refractivity contribution in [1.29, 1.82) is 0 Å². The first-order valence-electron chi connectivity index (χ1n) is 10.7. The molecule has 3 aliphatic rings. The quantitative estimate of drug-likeness (QED) is 0.827. The largest absolute Gasteiger partial charge is 0.379 e. The number of carbonyl (C=O) groups is 1. The zero-order chi connectivity index (χ0) is 20.6. The number of nitrogens with one attached hydrogen (secondary N) is 1. The third-order valence-electron chi connectivity index (χ3n) is 6.60. The molecule has 0 radical (unpaired) electrons. The Morgan fingerprint density at radius 3 is 2.77 bits per heavy atom. The summed E-state index contributed by atoms with van der Waals surface area (Å²) >= 11 is 0. The zero-order valence-electron chi connectivity index (χ0n) is 17.0. The van der Waals surface area contributed by atoms with Crippen molar-refractivity contribution in [2.45, 2.75) is 36.9 Å². The highest BCUT2D eigenvalue weighted by molar-refractivity contribution is 5.82. The molecular weight excluding hydrogens is 383 g/mol. The Morgan fingerprint density at radius 1 is 1.13 bits per heavy atom. The van der Waals surface area contributed by atoms with Crippen molar-refractivity contribution < 1.29 is 18.7 Å². The SMILES string of the molecule is O=C([C@H]1CCN[C@]2(CCOC2)CO1)N1CCc2ccccc2[C@@H]1c1ccc(F)cc1. The molecule has 0 aliphatic carbocycles. The van der Waals surface area contributed by atoms with Crippen molar-refractivity contribution in [2.24, 2.45) is 0 Å². The number of hydrogen-bond acceptors (Lipinski definition) is 4. The minimum Gasteiger partial charge on any atom is -0.379 e. The summed E-state index contributed by atoms with van der Waals surface area (Å²) in [5, 5.41) is 3.55. The van der Waals surface area contributed by atoms with E-state index in [-0.39, 0.29) is 23.3 Å². The fourth-order valence-electron chi connectivity index (χ4n) is 4.91. The number of amides is 1. The Morgan fingerprint density at radius 2 is 1.97 bits per heavy atom. The fraction of sp³-hybridized carbons (Fsp3) is 0.458. The van der Waals surface area contributed by atoms with Crippen molar-refractivity contribution in [2.75, 3.05) is 32.9 Å². The van der Waals surface area contributed by atoms with Crippen LogP contribution in [0.4, 0.5) is 4.39 Å². The average molecular weight is 410 g/mol. The van der Waals surface area contributed by atoms with E-state index in [9.17, 15) is 9.18 Å². The predicted molar refractivity (Wildman–Crippen MR) is 111 cm³/mol. The maximum absolute atomic E-state index is 13.6. The second kappa shape index (κ2) is 8.10. The Balaban J connectivity index is 1.43. The first-order valence-corrected chi connectivity index (χ1v) is 10.7. The highest BCUT2D eigenvalue weighted by atomic mass is 19.1. The normalized spacial score (nSPS) is 28.9. The topological polar surface area (TPSA) is 50.8 Å². The lowest BCUT2D eigenvalue weighted by atomic mass is 9.87. The van der Waals surface area contributed by atoms with E-state index in [4.69, 9.17) is 9.47 Å². The molecule has 2 saturated heterocycles. The third kappa shape index (κ3) is 3.64. The molecule has 3 heterocycles. The Kier molecular flexibility index (Phi) is 5.31. The van der Waals surface area contributed by atoms with Crippen molar-refractivity contribution in [3.05, 3.63) is 71.0 Å². The van der Waals surface area contributed by atoms with Gasteiger partial charge in [-0.05, 0) is 54.6 Å². The molecule has 1 spiro atoms. The van der Waals surface area contributed by atoms with Crippen LogP contribution in [0, 0.1) is 5.82 Å². The van der Waals surface area contributed by atoms with Crippen molar-refractivity contribution in [3.8, 4) is 0 Å². The van der Waals surface area contributed by atoms with Gasteiger partial charge >= 0.3 is 0 Å². The Labute approximate surface area is 176 Å². The number of halogens is 1. The summed E-state index contributed by atoms with van der Waals surface area (Å²) < 4.78 is 25.3. The lowest BCUT2D eigenvalue weighted by Crippen LogP contribution is -2.49. The van der Waals surface area contributed by atoms with E-state index < -0.39 is 6.10 Å². The molecule has 0 saturated carbocycles. The molecule has 1 amide bonds. The van der Waals surface area contributed by atoms with Crippen LogP contribution in [0.1, 0.15) is 35.6 Å². The molecule has 0 bridgehead atoms. The molecule has 5 nitrogen and oxygen atoms in total. The summed E-state index contributed by atoms with van der Waals surface area (Å²) in [7, 11) is 0. The van der Waals surface area contributed by atoms with Gasteiger partial charge in [-0.2, -0.15) is 0 Å². The molecule has 6 heteroatoms. The van der Waals surface area contributed by atoms with Crippen molar-refractivity contribution in [3.63, 3.8) is 0 Å². The van der Waals surface area contributed by atoms with E-state index in [0.717, 1.165) is 37.1 Å². The molecule has 158 valence electrons. The van der Waals surface area contributed by atoms with Crippen molar-refractivity contribution in [1.82, 2.24) is 10.2 Å². The van der Waals surface area contributed by atoms with Gasteiger partial charge in [0, 0.05) is 13.2 Å². The summed E-state index contributed by atoms with van der Waals surface area (Å²) in [5.41, 5.74) is 3.10. The standard InChI is InChI=1S/C24H27FN2O3/c25-19-7-5-18(6-8-19)22-20-4-2-1-3-17(20)10-13-27(22)23(28)21-9-12-26-24(16-30-21)11-14-29-15-24/h1-8,21-22,26H,9-16H2/t21-,22+,24+/m1/s1. The predicted octanol–water partition coefficient (Wildman–Crippen LogP) is 2.84. The number of rotatable bonds is 2. The van der Waals surface area contributed by atoms with Crippen LogP contribution < -0.4 is 5.32 Å². The van der Waals surface area contributed by atoms with Crippen molar-refractivity contribution >= 4 is 5.91 Å². The minimum atomic E-state index is -0.481. The second-order valence-corrected chi connectivity index (χ2v) is 8.53. The van der Waals surface area contributed by atoms with Gasteiger partial charge in [0.1, 0.15) is 11.9 Å². The number of carbonyl (C=O) groups excluding carboxylic acids is 1. The summed E-state index contributed by atoms with van der Waals surface area (Å²) in [4.78, 5) is 15.6. The monoisotopic (exact) mass is 410 g/mol.